The van der Waals surface area contributed by atoms with E-state index >= 15 is 0 Å². The summed E-state index contributed by atoms with van der Waals surface area (Å²) >= 11 is 6.65. The molecule has 1 amide bonds. The summed E-state index contributed by atoms with van der Waals surface area (Å²) in [5.74, 6) is 4.33. The molecule has 26 heavy (non-hydrogen) atoms. The number of thioether (sulfide) groups is 1. The molecule has 0 aliphatic rings. The first-order valence-corrected chi connectivity index (χ1v) is 8.65. The van der Waals surface area contributed by atoms with Gasteiger partial charge in [-0.1, -0.05) is 35.5 Å². The summed E-state index contributed by atoms with van der Waals surface area (Å²) in [4.78, 5) is 12.0. The van der Waals surface area contributed by atoms with Crippen molar-refractivity contribution in [3.8, 4) is 11.4 Å². The first kappa shape index (κ1) is 18.2. The van der Waals surface area contributed by atoms with Crippen LogP contribution < -0.4 is 11.2 Å². The Kier molecular flexibility index (Phi) is 5.38. The molecule has 134 valence electrons. The first-order chi connectivity index (χ1) is 12.5. The highest BCUT2D eigenvalue weighted by atomic mass is 35.5. The van der Waals surface area contributed by atoms with Crippen LogP contribution in [0, 0.1) is 11.6 Å². The zero-order chi connectivity index (χ0) is 18.7. The van der Waals surface area contributed by atoms with Crippen molar-refractivity contribution in [3.05, 3.63) is 59.1 Å². The summed E-state index contributed by atoms with van der Waals surface area (Å²) in [6, 6.07) is 9.92. The maximum atomic E-state index is 13.8. The van der Waals surface area contributed by atoms with E-state index in [1.54, 1.807) is 12.1 Å². The lowest BCUT2D eigenvalue weighted by Gasteiger charge is -2.07. The molecule has 0 radical (unpaired) electrons. The van der Waals surface area contributed by atoms with Gasteiger partial charge < -0.3 is 11.2 Å². The summed E-state index contributed by atoms with van der Waals surface area (Å²) in [5.41, 5.74) is 0.211. The highest BCUT2D eigenvalue weighted by molar-refractivity contribution is 7.99. The molecule has 6 nitrogen and oxygen atoms in total. The quantitative estimate of drug-likeness (QED) is 0.511. The molecule has 0 saturated carbocycles. The van der Waals surface area contributed by atoms with Crippen molar-refractivity contribution in [1.29, 1.82) is 0 Å². The van der Waals surface area contributed by atoms with Crippen LogP contribution in [0.1, 0.15) is 0 Å². The Morgan fingerprint density at radius 3 is 2.69 bits per heavy atom. The topological polar surface area (TPSA) is 85.8 Å². The number of benzene rings is 2. The number of rotatable bonds is 5. The monoisotopic (exact) mass is 395 g/mol. The van der Waals surface area contributed by atoms with Crippen molar-refractivity contribution < 1.29 is 13.6 Å². The molecule has 1 heterocycles. The molecule has 3 rings (SSSR count). The van der Waals surface area contributed by atoms with E-state index in [4.69, 9.17) is 17.4 Å². The van der Waals surface area contributed by atoms with E-state index in [0.29, 0.717) is 0 Å². The predicted octanol–water partition coefficient (Wildman–Crippen LogP) is 3.32. The van der Waals surface area contributed by atoms with Crippen LogP contribution in [0.5, 0.6) is 0 Å². The Balaban J connectivity index is 1.67. The number of nitrogens with zero attached hydrogens (tertiary/aromatic N) is 3. The van der Waals surface area contributed by atoms with Crippen LogP contribution in [0.25, 0.3) is 11.4 Å². The van der Waals surface area contributed by atoms with Crippen LogP contribution in [0.3, 0.4) is 0 Å². The van der Waals surface area contributed by atoms with Crippen LogP contribution in [-0.4, -0.2) is 26.5 Å². The van der Waals surface area contributed by atoms with Crippen LogP contribution in [0.4, 0.5) is 14.5 Å². The summed E-state index contributed by atoms with van der Waals surface area (Å²) in [6.07, 6.45) is 0. The van der Waals surface area contributed by atoms with Crippen LogP contribution in [0.2, 0.25) is 5.02 Å². The highest BCUT2D eigenvalue weighted by Gasteiger charge is 2.16. The number of carbonyl (C=O) groups is 1. The normalized spacial score (nSPS) is 10.7. The molecule has 0 atom stereocenters. The standard InChI is InChI=1S/C16H12ClF2N5OS/c17-9-5-6-13(12(19)7-9)21-14(25)8-26-16-23-22-15(24(16)20)10-3-1-2-4-11(10)18/h1-7H,8,20H2,(H,21,25). The van der Waals surface area contributed by atoms with Gasteiger partial charge in [-0.15, -0.1) is 10.2 Å². The molecular formula is C16H12ClF2N5OS. The molecule has 0 aliphatic carbocycles. The Labute approximate surface area is 156 Å². The van der Waals surface area contributed by atoms with Crippen molar-refractivity contribution >= 4 is 35.0 Å². The van der Waals surface area contributed by atoms with Gasteiger partial charge in [0.25, 0.3) is 0 Å². The van der Waals surface area contributed by atoms with Gasteiger partial charge in [0, 0.05) is 5.02 Å². The lowest BCUT2D eigenvalue weighted by molar-refractivity contribution is -0.113. The minimum atomic E-state index is -0.639. The Morgan fingerprint density at radius 2 is 1.96 bits per heavy atom. The third-order valence-electron chi connectivity index (χ3n) is 3.32. The van der Waals surface area contributed by atoms with Crippen LogP contribution >= 0.6 is 23.4 Å². The maximum absolute atomic E-state index is 13.8. The number of anilines is 1. The summed E-state index contributed by atoms with van der Waals surface area (Å²) < 4.78 is 28.6. The van der Waals surface area contributed by atoms with E-state index in [9.17, 15) is 13.6 Å². The number of nitrogens with one attached hydrogen (secondary N) is 1. The summed E-state index contributed by atoms with van der Waals surface area (Å²) in [6.45, 7) is 0. The number of amides is 1. The van der Waals surface area contributed by atoms with Gasteiger partial charge in [0.05, 0.1) is 17.0 Å². The molecular weight excluding hydrogens is 384 g/mol. The van der Waals surface area contributed by atoms with Gasteiger partial charge >= 0.3 is 0 Å². The number of nitrogens with two attached hydrogens (primary N) is 1. The van der Waals surface area contributed by atoms with E-state index in [1.165, 1.54) is 24.3 Å². The van der Waals surface area contributed by atoms with Gasteiger partial charge in [-0.3, -0.25) is 4.79 Å². The van der Waals surface area contributed by atoms with Gasteiger partial charge in [0.15, 0.2) is 5.82 Å². The molecule has 0 bridgehead atoms. The minimum absolute atomic E-state index is 0.0151. The van der Waals surface area contributed by atoms with Gasteiger partial charge in [0.1, 0.15) is 11.6 Å². The van der Waals surface area contributed by atoms with Crippen molar-refractivity contribution in [3.63, 3.8) is 0 Å². The van der Waals surface area contributed by atoms with Gasteiger partial charge in [-0.25, -0.2) is 13.5 Å². The second-order valence-electron chi connectivity index (χ2n) is 5.12. The predicted molar refractivity (Wildman–Crippen MR) is 96.3 cm³/mol. The Morgan fingerprint density at radius 1 is 1.19 bits per heavy atom. The van der Waals surface area contributed by atoms with Crippen molar-refractivity contribution in [1.82, 2.24) is 14.9 Å². The molecule has 3 N–H and O–H groups in total. The number of hydrogen-bond donors (Lipinski definition) is 2. The maximum Gasteiger partial charge on any atom is 0.234 e. The van der Waals surface area contributed by atoms with Crippen molar-refractivity contribution in [2.24, 2.45) is 0 Å². The fourth-order valence-corrected chi connectivity index (χ4v) is 2.92. The average molecular weight is 396 g/mol. The van der Waals surface area contributed by atoms with Gasteiger partial charge in [-0.2, -0.15) is 0 Å². The smallest absolute Gasteiger partial charge is 0.234 e. The number of carbonyl (C=O) groups excluding carboxylic acids is 1. The number of hydrogen-bond acceptors (Lipinski definition) is 5. The Hall–Kier alpha value is -2.65. The average Bonchev–Trinajstić information content (AvgIpc) is 2.97. The minimum Gasteiger partial charge on any atom is -0.335 e. The Bertz CT molecular complexity index is 966. The molecule has 0 aliphatic heterocycles. The number of nitrogen functional groups attached to an aromatic ring is 1. The zero-order valence-corrected chi connectivity index (χ0v) is 14.7. The molecule has 0 fully saturated rings. The second-order valence-corrected chi connectivity index (χ2v) is 6.50. The van der Waals surface area contributed by atoms with Crippen LogP contribution in [-0.2, 0) is 4.79 Å². The summed E-state index contributed by atoms with van der Waals surface area (Å²) in [5, 5.41) is 10.6. The third kappa shape index (κ3) is 3.94. The van der Waals surface area contributed by atoms with Gasteiger partial charge in [-0.05, 0) is 30.3 Å². The van der Waals surface area contributed by atoms with Crippen molar-refractivity contribution in [2.45, 2.75) is 5.16 Å². The first-order valence-electron chi connectivity index (χ1n) is 7.29. The molecule has 1 aromatic heterocycles. The number of aromatic nitrogens is 3. The third-order valence-corrected chi connectivity index (χ3v) is 4.50. The van der Waals surface area contributed by atoms with E-state index in [2.05, 4.69) is 15.5 Å². The molecule has 0 spiro atoms. The second kappa shape index (κ2) is 7.71. The van der Waals surface area contributed by atoms with E-state index in [-0.39, 0.29) is 33.0 Å². The molecule has 0 saturated heterocycles. The molecule has 2 aromatic carbocycles. The molecule has 10 heteroatoms. The zero-order valence-electron chi connectivity index (χ0n) is 13.1. The largest absolute Gasteiger partial charge is 0.335 e. The van der Waals surface area contributed by atoms with Crippen LogP contribution in [0.15, 0.2) is 47.6 Å². The fourth-order valence-electron chi connectivity index (χ4n) is 2.11. The van der Waals surface area contributed by atoms with E-state index in [1.807, 2.05) is 0 Å². The SMILES string of the molecule is Nn1c(SCC(=O)Nc2ccc(Cl)cc2F)nnc1-c1ccccc1F. The lowest BCUT2D eigenvalue weighted by Crippen LogP contribution is -2.17. The number of halogens is 3. The fraction of sp³-hybridized carbons (Fsp3) is 0.0625. The lowest BCUT2D eigenvalue weighted by atomic mass is 10.2. The summed E-state index contributed by atoms with van der Waals surface area (Å²) in [7, 11) is 0. The molecule has 3 aromatic rings. The van der Waals surface area contributed by atoms with Crippen molar-refractivity contribution in [2.75, 3.05) is 16.9 Å². The highest BCUT2D eigenvalue weighted by Crippen LogP contribution is 2.24. The van der Waals surface area contributed by atoms with E-state index < -0.39 is 17.5 Å². The molecule has 0 unspecified atom stereocenters. The van der Waals surface area contributed by atoms with Gasteiger partial charge in [0.2, 0.25) is 11.1 Å². The van der Waals surface area contributed by atoms with E-state index in [0.717, 1.165) is 22.5 Å².